The lowest BCUT2D eigenvalue weighted by atomic mass is 9.95. The van der Waals surface area contributed by atoms with Crippen molar-refractivity contribution in [2.45, 2.75) is 49.9 Å². The van der Waals surface area contributed by atoms with E-state index in [-0.39, 0.29) is 18.5 Å². The van der Waals surface area contributed by atoms with Gasteiger partial charge in [0.05, 0.1) is 19.7 Å². The Bertz CT molecular complexity index is 911. The molecule has 4 heterocycles. The molecule has 0 saturated carbocycles. The van der Waals surface area contributed by atoms with E-state index in [1.54, 1.807) is 12.0 Å². The standard InChI is InChI=1S/C22H29FN4O3/c1-29-17-2-3-20-18(11-17)25-21(30-20)14-4-7-26(8-5-14)16-10-19(24-12-16)22(28)27-9-6-15(23)13-27/h2-3,11,14-16,19,24H,4-10,12-13H2,1H3/t15-,16-,19-/m0/s1. The van der Waals surface area contributed by atoms with Gasteiger partial charge in [-0.1, -0.05) is 0 Å². The van der Waals surface area contributed by atoms with Gasteiger partial charge in [-0.05, 0) is 50.9 Å². The smallest absolute Gasteiger partial charge is 0.239 e. The summed E-state index contributed by atoms with van der Waals surface area (Å²) < 4.78 is 24.7. The Hall–Kier alpha value is -2.19. The zero-order valence-electron chi connectivity index (χ0n) is 17.3. The molecule has 3 fully saturated rings. The third-order valence-corrected chi connectivity index (χ3v) is 6.85. The van der Waals surface area contributed by atoms with E-state index < -0.39 is 6.17 Å². The third kappa shape index (κ3) is 3.78. The van der Waals surface area contributed by atoms with Crippen molar-refractivity contribution in [1.29, 1.82) is 0 Å². The molecule has 162 valence electrons. The first-order valence-electron chi connectivity index (χ1n) is 11.0. The van der Waals surface area contributed by atoms with Crippen LogP contribution in [0.4, 0.5) is 4.39 Å². The maximum absolute atomic E-state index is 13.4. The molecule has 3 atom stereocenters. The average Bonchev–Trinajstić information content (AvgIpc) is 3.52. The summed E-state index contributed by atoms with van der Waals surface area (Å²) in [5.41, 5.74) is 1.64. The Morgan fingerprint density at radius 2 is 2.10 bits per heavy atom. The monoisotopic (exact) mass is 416 g/mol. The van der Waals surface area contributed by atoms with Crippen LogP contribution >= 0.6 is 0 Å². The number of aromatic nitrogens is 1. The molecule has 7 nitrogen and oxygen atoms in total. The highest BCUT2D eigenvalue weighted by Crippen LogP contribution is 2.32. The molecular formula is C22H29FN4O3. The Morgan fingerprint density at radius 1 is 1.27 bits per heavy atom. The predicted molar refractivity (Wildman–Crippen MR) is 110 cm³/mol. The quantitative estimate of drug-likeness (QED) is 0.825. The van der Waals surface area contributed by atoms with Crippen molar-refractivity contribution in [3.05, 3.63) is 24.1 Å². The molecule has 1 amide bonds. The van der Waals surface area contributed by atoms with E-state index in [1.807, 2.05) is 18.2 Å². The highest BCUT2D eigenvalue weighted by molar-refractivity contribution is 5.82. The number of halogens is 1. The Kier molecular flexibility index (Phi) is 5.37. The first kappa shape index (κ1) is 19.8. The lowest BCUT2D eigenvalue weighted by Gasteiger charge is -2.34. The van der Waals surface area contributed by atoms with Crippen LogP contribution in [0, 0.1) is 0 Å². The molecule has 0 unspecified atom stereocenters. The van der Waals surface area contributed by atoms with Crippen molar-refractivity contribution in [1.82, 2.24) is 20.1 Å². The SMILES string of the molecule is COc1ccc2oc(C3CCN([C@@H]4CN[C@H](C(=O)N5CC[C@H](F)C5)C4)CC3)nc2c1. The molecule has 1 aromatic heterocycles. The molecule has 1 N–H and O–H groups in total. The molecule has 3 saturated heterocycles. The van der Waals surface area contributed by atoms with Gasteiger partial charge >= 0.3 is 0 Å². The molecule has 3 aliphatic rings. The van der Waals surface area contributed by atoms with Crippen molar-refractivity contribution in [2.24, 2.45) is 0 Å². The van der Waals surface area contributed by atoms with Crippen molar-refractivity contribution in [3.63, 3.8) is 0 Å². The van der Waals surface area contributed by atoms with Gasteiger partial charge in [0.1, 0.15) is 17.4 Å². The maximum Gasteiger partial charge on any atom is 0.239 e. The van der Waals surface area contributed by atoms with Gasteiger partial charge in [0.15, 0.2) is 11.5 Å². The van der Waals surface area contributed by atoms with Crippen molar-refractivity contribution < 1.29 is 18.3 Å². The minimum Gasteiger partial charge on any atom is -0.497 e. The minimum atomic E-state index is -0.863. The summed E-state index contributed by atoms with van der Waals surface area (Å²) in [6.45, 7) is 3.55. The number of oxazole rings is 1. The van der Waals surface area contributed by atoms with Crippen LogP contribution in [0.1, 0.15) is 37.5 Å². The number of nitrogens with one attached hydrogen (secondary N) is 1. The number of nitrogens with zero attached hydrogens (tertiary/aromatic N) is 3. The first-order chi connectivity index (χ1) is 14.6. The highest BCUT2D eigenvalue weighted by Gasteiger charge is 2.38. The van der Waals surface area contributed by atoms with Gasteiger partial charge in [-0.3, -0.25) is 9.69 Å². The van der Waals surface area contributed by atoms with Crippen LogP contribution in [0.5, 0.6) is 5.75 Å². The van der Waals surface area contributed by atoms with E-state index in [4.69, 9.17) is 14.1 Å². The normalized spacial score (nSPS) is 28.5. The Morgan fingerprint density at radius 3 is 2.83 bits per heavy atom. The fourth-order valence-corrected chi connectivity index (χ4v) is 5.06. The van der Waals surface area contributed by atoms with Crippen molar-refractivity contribution >= 4 is 17.0 Å². The van der Waals surface area contributed by atoms with E-state index in [1.165, 1.54) is 0 Å². The maximum atomic E-state index is 13.4. The van der Waals surface area contributed by atoms with Crippen molar-refractivity contribution in [3.8, 4) is 5.75 Å². The predicted octanol–water partition coefficient (Wildman–Crippen LogP) is 2.32. The van der Waals surface area contributed by atoms with E-state index >= 15 is 0 Å². The lowest BCUT2D eigenvalue weighted by molar-refractivity contribution is -0.132. The zero-order valence-corrected chi connectivity index (χ0v) is 17.3. The number of carbonyl (C=O) groups excluding carboxylic acids is 1. The van der Waals surface area contributed by atoms with Gasteiger partial charge in [-0.2, -0.15) is 0 Å². The molecule has 1 aromatic carbocycles. The number of fused-ring (bicyclic) bond motifs is 1. The molecule has 0 spiro atoms. The number of amides is 1. The van der Waals surface area contributed by atoms with Gasteiger partial charge in [0.2, 0.25) is 5.91 Å². The van der Waals surface area contributed by atoms with E-state index in [0.29, 0.717) is 24.9 Å². The molecule has 3 aliphatic heterocycles. The summed E-state index contributed by atoms with van der Waals surface area (Å²) in [5.74, 6) is 1.98. The van der Waals surface area contributed by atoms with E-state index in [0.717, 1.165) is 61.6 Å². The van der Waals surface area contributed by atoms with E-state index in [9.17, 15) is 9.18 Å². The average molecular weight is 416 g/mol. The molecule has 30 heavy (non-hydrogen) atoms. The van der Waals surface area contributed by atoms with Crippen LogP contribution in [-0.4, -0.2) is 78.8 Å². The summed E-state index contributed by atoms with van der Waals surface area (Å²) in [7, 11) is 1.65. The summed E-state index contributed by atoms with van der Waals surface area (Å²) in [6, 6.07) is 5.89. The first-order valence-corrected chi connectivity index (χ1v) is 11.0. The van der Waals surface area contributed by atoms with Crippen LogP contribution in [0.25, 0.3) is 11.1 Å². The topological polar surface area (TPSA) is 70.8 Å². The van der Waals surface area contributed by atoms with Gasteiger partial charge in [0, 0.05) is 31.1 Å². The molecular weight excluding hydrogens is 387 g/mol. The number of hydrogen-bond donors (Lipinski definition) is 1. The summed E-state index contributed by atoms with van der Waals surface area (Å²) in [4.78, 5) is 21.5. The van der Waals surface area contributed by atoms with Crippen LogP contribution in [0.3, 0.4) is 0 Å². The van der Waals surface area contributed by atoms with E-state index in [2.05, 4.69) is 10.2 Å². The number of alkyl halides is 1. The zero-order chi connectivity index (χ0) is 20.7. The fourth-order valence-electron chi connectivity index (χ4n) is 5.06. The summed E-state index contributed by atoms with van der Waals surface area (Å²) >= 11 is 0. The molecule has 0 bridgehead atoms. The van der Waals surface area contributed by atoms with Crippen molar-refractivity contribution in [2.75, 3.05) is 39.8 Å². The van der Waals surface area contributed by atoms with Crippen LogP contribution in [0.15, 0.2) is 22.6 Å². The highest BCUT2D eigenvalue weighted by atomic mass is 19.1. The van der Waals surface area contributed by atoms with Gasteiger partial charge in [-0.25, -0.2) is 9.37 Å². The van der Waals surface area contributed by atoms with Gasteiger partial charge in [0.25, 0.3) is 0 Å². The second-order valence-electron chi connectivity index (χ2n) is 8.72. The summed E-state index contributed by atoms with van der Waals surface area (Å²) in [5, 5.41) is 3.37. The second kappa shape index (κ2) is 8.15. The van der Waals surface area contributed by atoms with Gasteiger partial charge in [-0.15, -0.1) is 0 Å². The number of carbonyl (C=O) groups is 1. The number of piperidine rings is 1. The number of methoxy groups -OCH3 is 1. The molecule has 0 aliphatic carbocycles. The second-order valence-corrected chi connectivity index (χ2v) is 8.72. The number of rotatable bonds is 4. The summed E-state index contributed by atoms with van der Waals surface area (Å²) in [6.07, 6.45) is 2.40. The molecule has 8 heteroatoms. The number of hydrogen-bond acceptors (Lipinski definition) is 6. The number of ether oxygens (including phenoxy) is 1. The number of likely N-dealkylation sites (tertiary alicyclic amines) is 2. The Balaban J connectivity index is 1.16. The van der Waals surface area contributed by atoms with Crippen LogP contribution in [-0.2, 0) is 4.79 Å². The third-order valence-electron chi connectivity index (χ3n) is 6.85. The molecule has 2 aromatic rings. The van der Waals surface area contributed by atoms with Crippen LogP contribution < -0.4 is 10.1 Å². The molecule has 0 radical (unpaired) electrons. The number of benzene rings is 1. The lowest BCUT2D eigenvalue weighted by Crippen LogP contribution is -2.43. The van der Waals surface area contributed by atoms with Gasteiger partial charge < -0.3 is 19.4 Å². The fraction of sp³-hybridized carbons (Fsp3) is 0.636. The Labute approximate surface area is 175 Å². The van der Waals surface area contributed by atoms with Crippen LogP contribution in [0.2, 0.25) is 0 Å². The molecule has 5 rings (SSSR count). The minimum absolute atomic E-state index is 0.0643. The largest absolute Gasteiger partial charge is 0.497 e.